The first kappa shape index (κ1) is 6.68. The Bertz CT molecular complexity index is 140. The van der Waals surface area contributed by atoms with Crippen molar-refractivity contribution < 1.29 is 0 Å². The van der Waals surface area contributed by atoms with Crippen molar-refractivity contribution in [3.8, 4) is 0 Å². The lowest BCUT2D eigenvalue weighted by atomic mass is 10.0. The summed E-state index contributed by atoms with van der Waals surface area (Å²) >= 11 is 0. The minimum Gasteiger partial charge on any atom is -0.350 e. The molecular weight excluding hydrogens is 123 g/mol. The van der Waals surface area contributed by atoms with E-state index in [9.17, 15) is 0 Å². The second-order valence-corrected chi connectivity index (χ2v) is 3.58. The number of nitrogens with zero attached hydrogens (tertiary/aromatic N) is 2. The Hall–Kier alpha value is -0.0151. The Morgan fingerprint density at radius 2 is 2.20 bits per heavy atom. The summed E-state index contributed by atoms with van der Waals surface area (Å²) in [6.45, 7) is 3.52. The Morgan fingerprint density at radius 3 is 2.90 bits per heavy atom. The average molecular weight is 136 g/mol. The lowest BCUT2D eigenvalue weighted by molar-refractivity contribution is 0.348. The number of rotatable bonds is 0. The Morgan fingerprint density at radius 1 is 1.40 bits per heavy atom. The topological polar surface area (TPSA) is 6.48 Å². The smallest absolute Gasteiger partial charge is 0.182 e. The van der Waals surface area contributed by atoms with Gasteiger partial charge in [0.2, 0.25) is 0 Å². The fourth-order valence-electron chi connectivity index (χ4n) is 2.20. The van der Waals surface area contributed by atoms with Crippen LogP contribution in [-0.4, -0.2) is 50.4 Å². The molecule has 2 aliphatic rings. The van der Waals surface area contributed by atoms with E-state index < -0.39 is 0 Å². The van der Waals surface area contributed by atoms with Gasteiger partial charge in [-0.2, -0.15) is 0 Å². The van der Waals surface area contributed by atoms with E-state index in [2.05, 4.69) is 11.9 Å². The van der Waals surface area contributed by atoms with Crippen LogP contribution in [0.3, 0.4) is 0 Å². The van der Waals surface area contributed by atoms with Gasteiger partial charge in [0, 0.05) is 19.1 Å². The van der Waals surface area contributed by atoms with E-state index in [1.807, 2.05) is 4.81 Å². The number of likely N-dealkylation sites (tertiary alicyclic amines) is 1. The van der Waals surface area contributed by atoms with Crippen molar-refractivity contribution in [1.29, 1.82) is 0 Å². The molecule has 0 aliphatic carbocycles. The molecule has 2 nitrogen and oxygen atoms in total. The van der Waals surface area contributed by atoms with Crippen LogP contribution in [0.15, 0.2) is 0 Å². The van der Waals surface area contributed by atoms with Crippen LogP contribution in [0.4, 0.5) is 0 Å². The second kappa shape index (κ2) is 2.24. The van der Waals surface area contributed by atoms with Gasteiger partial charge in [-0.3, -0.25) is 0 Å². The lowest BCUT2D eigenvalue weighted by Gasteiger charge is -2.18. The molecule has 0 spiro atoms. The highest BCUT2D eigenvalue weighted by Crippen LogP contribution is 2.28. The first-order valence-corrected chi connectivity index (χ1v) is 3.97. The molecule has 54 valence electrons. The molecule has 2 radical (unpaired) electrons. The molecule has 0 saturated carbocycles. The van der Waals surface area contributed by atoms with E-state index in [0.717, 1.165) is 12.5 Å². The molecule has 2 atom stereocenters. The molecule has 2 aliphatic heterocycles. The minimum absolute atomic E-state index is 0.657. The van der Waals surface area contributed by atoms with Crippen LogP contribution in [0.1, 0.15) is 6.42 Å². The first-order chi connectivity index (χ1) is 4.77. The van der Waals surface area contributed by atoms with E-state index in [1.54, 1.807) is 0 Å². The zero-order valence-corrected chi connectivity index (χ0v) is 6.45. The fourth-order valence-corrected chi connectivity index (χ4v) is 2.20. The number of fused-ring (bicyclic) bond motifs is 1. The molecule has 0 aromatic rings. The van der Waals surface area contributed by atoms with Gasteiger partial charge in [-0.05, 0) is 25.9 Å². The van der Waals surface area contributed by atoms with Crippen molar-refractivity contribution in [3.05, 3.63) is 0 Å². The molecule has 2 rings (SSSR count). The normalized spacial score (nSPS) is 42.5. The zero-order valence-electron chi connectivity index (χ0n) is 6.45. The van der Waals surface area contributed by atoms with Crippen LogP contribution in [-0.2, 0) is 0 Å². The van der Waals surface area contributed by atoms with Gasteiger partial charge in [-0.1, -0.05) is 0 Å². The van der Waals surface area contributed by atoms with Crippen LogP contribution in [0.2, 0.25) is 0 Å². The number of likely N-dealkylation sites (N-methyl/N-ethyl adjacent to an activating group) is 1. The third kappa shape index (κ3) is 0.885. The predicted octanol–water partition coefficient (Wildman–Crippen LogP) is -0.294. The summed E-state index contributed by atoms with van der Waals surface area (Å²) < 4.78 is 0. The molecule has 0 amide bonds. The highest BCUT2D eigenvalue weighted by molar-refractivity contribution is 6.04. The Balaban J connectivity index is 2.05. The molecule has 0 bridgehead atoms. The molecule has 2 unspecified atom stereocenters. The first-order valence-electron chi connectivity index (χ1n) is 3.97. The standard InChI is InChI=1S/C7H13BN2/c1-9-4-6-2-3-10(8)7(6)5-9/h6-7H,2-5H2,1H3. The summed E-state index contributed by atoms with van der Waals surface area (Å²) in [5.41, 5.74) is 0. The van der Waals surface area contributed by atoms with Crippen molar-refractivity contribution in [3.63, 3.8) is 0 Å². The van der Waals surface area contributed by atoms with Crippen LogP contribution >= 0.6 is 0 Å². The Kier molecular flexibility index (Phi) is 1.50. The van der Waals surface area contributed by atoms with Gasteiger partial charge in [0.1, 0.15) is 0 Å². The van der Waals surface area contributed by atoms with Gasteiger partial charge < -0.3 is 9.71 Å². The SMILES string of the molecule is [B]N1CCC2CN(C)CC21. The summed E-state index contributed by atoms with van der Waals surface area (Å²) in [4.78, 5) is 4.38. The summed E-state index contributed by atoms with van der Waals surface area (Å²) in [5.74, 6) is 0.856. The summed E-state index contributed by atoms with van der Waals surface area (Å²) in [7, 11) is 7.96. The third-order valence-corrected chi connectivity index (χ3v) is 2.77. The molecule has 3 heteroatoms. The fraction of sp³-hybridized carbons (Fsp3) is 1.00. The summed E-state index contributed by atoms with van der Waals surface area (Å²) in [6, 6.07) is 0.657. The molecule has 0 aromatic carbocycles. The maximum atomic E-state index is 5.79. The molecule has 2 saturated heterocycles. The summed E-state index contributed by atoms with van der Waals surface area (Å²) in [6.07, 6.45) is 1.30. The second-order valence-electron chi connectivity index (χ2n) is 3.58. The molecule has 10 heavy (non-hydrogen) atoms. The van der Waals surface area contributed by atoms with Crippen LogP contribution < -0.4 is 0 Å². The van der Waals surface area contributed by atoms with Crippen LogP contribution in [0, 0.1) is 5.92 Å². The van der Waals surface area contributed by atoms with Gasteiger partial charge in [0.05, 0.1) is 0 Å². The zero-order chi connectivity index (χ0) is 7.14. The van der Waals surface area contributed by atoms with Gasteiger partial charge in [-0.15, -0.1) is 0 Å². The van der Waals surface area contributed by atoms with Crippen molar-refractivity contribution in [2.24, 2.45) is 5.92 Å². The maximum Gasteiger partial charge on any atom is 0.182 e. The van der Waals surface area contributed by atoms with E-state index in [4.69, 9.17) is 7.98 Å². The predicted molar refractivity (Wildman–Crippen MR) is 41.9 cm³/mol. The van der Waals surface area contributed by atoms with Crippen molar-refractivity contribution in [1.82, 2.24) is 9.71 Å². The average Bonchev–Trinajstić information content (AvgIpc) is 2.35. The highest BCUT2D eigenvalue weighted by Gasteiger charge is 2.37. The third-order valence-electron chi connectivity index (χ3n) is 2.77. The molecular formula is C7H13BN2. The molecule has 0 aromatic heterocycles. The van der Waals surface area contributed by atoms with Crippen LogP contribution in [0.5, 0.6) is 0 Å². The summed E-state index contributed by atoms with van der Waals surface area (Å²) in [5, 5.41) is 0. The number of hydrogen-bond donors (Lipinski definition) is 0. The van der Waals surface area contributed by atoms with Gasteiger partial charge >= 0.3 is 0 Å². The van der Waals surface area contributed by atoms with Gasteiger partial charge in [0.25, 0.3) is 0 Å². The largest absolute Gasteiger partial charge is 0.350 e. The van der Waals surface area contributed by atoms with E-state index in [0.29, 0.717) is 6.04 Å². The van der Waals surface area contributed by atoms with Crippen LogP contribution in [0.25, 0.3) is 0 Å². The lowest BCUT2D eigenvalue weighted by Crippen LogP contribution is -2.32. The monoisotopic (exact) mass is 136 g/mol. The van der Waals surface area contributed by atoms with Crippen molar-refractivity contribution >= 4 is 7.98 Å². The molecule has 2 heterocycles. The quantitative estimate of drug-likeness (QED) is 0.422. The molecule has 2 fully saturated rings. The van der Waals surface area contributed by atoms with Gasteiger partial charge in [-0.25, -0.2) is 0 Å². The minimum atomic E-state index is 0.657. The Labute approximate surface area is 63.6 Å². The van der Waals surface area contributed by atoms with Crippen molar-refractivity contribution in [2.75, 3.05) is 26.7 Å². The van der Waals surface area contributed by atoms with E-state index in [1.165, 1.54) is 19.5 Å². The molecule has 0 N–H and O–H groups in total. The maximum absolute atomic E-state index is 5.79. The van der Waals surface area contributed by atoms with Crippen molar-refractivity contribution in [2.45, 2.75) is 12.5 Å². The highest BCUT2D eigenvalue weighted by atomic mass is 15.2. The van der Waals surface area contributed by atoms with E-state index in [-0.39, 0.29) is 0 Å². The number of hydrogen-bond acceptors (Lipinski definition) is 2. The van der Waals surface area contributed by atoms with E-state index >= 15 is 0 Å². The van der Waals surface area contributed by atoms with Gasteiger partial charge in [0.15, 0.2) is 7.98 Å².